The minimum atomic E-state index is -0.170. The second-order valence-corrected chi connectivity index (χ2v) is 9.34. The standard InChI is InChI=1S/C19H28O3/c1-17-7-6-14-12(13(17)3-4-15(17)21)9-16-19(22-16)10-11(20)5-8-18(14,19)2/h11-14,16,20H,3-10H2,1-2H3/t11-,12-,13-,14+,16-,17-,18+,19-/m0/s1. The Labute approximate surface area is 132 Å². The first kappa shape index (κ1) is 14.0. The van der Waals surface area contributed by atoms with Crippen LogP contribution in [0.25, 0.3) is 0 Å². The lowest BCUT2D eigenvalue weighted by Gasteiger charge is -2.58. The van der Waals surface area contributed by atoms with Crippen LogP contribution >= 0.6 is 0 Å². The highest BCUT2D eigenvalue weighted by atomic mass is 16.6. The molecule has 5 aliphatic rings. The fourth-order valence-corrected chi connectivity index (χ4v) is 7.43. The zero-order valence-corrected chi connectivity index (χ0v) is 13.8. The number of rotatable bonds is 0. The molecule has 0 aromatic rings. The third-order valence-corrected chi connectivity index (χ3v) is 8.77. The molecule has 122 valence electrons. The van der Waals surface area contributed by atoms with E-state index in [1.54, 1.807) is 0 Å². The van der Waals surface area contributed by atoms with Crippen molar-refractivity contribution in [3.05, 3.63) is 0 Å². The van der Waals surface area contributed by atoms with Crippen LogP contribution in [0.5, 0.6) is 0 Å². The minimum absolute atomic E-state index is 0.0256. The van der Waals surface area contributed by atoms with Gasteiger partial charge in [0.15, 0.2) is 0 Å². The number of Topliss-reactive ketones (excluding diaryl/α,β-unsaturated/α-hetero) is 1. The SMILES string of the molecule is C[C@]12CC[C@@H]3[C@@H](C[C@@H]4O[C@@]45C[C@@H](O)CC[C@]35C)[C@@H]1CCC2=O. The molecule has 0 aromatic carbocycles. The summed E-state index contributed by atoms with van der Waals surface area (Å²) in [5, 5.41) is 10.2. The lowest BCUT2D eigenvalue weighted by Crippen LogP contribution is -2.58. The number of carbonyl (C=O) groups excluding carboxylic acids is 1. The molecule has 3 nitrogen and oxygen atoms in total. The zero-order chi connectivity index (χ0) is 15.3. The summed E-state index contributed by atoms with van der Waals surface area (Å²) in [6.45, 7) is 4.68. The topological polar surface area (TPSA) is 49.8 Å². The van der Waals surface area contributed by atoms with Crippen LogP contribution in [0.3, 0.4) is 0 Å². The number of hydrogen-bond donors (Lipinski definition) is 1. The van der Waals surface area contributed by atoms with Gasteiger partial charge in [-0.2, -0.15) is 0 Å². The first-order valence-corrected chi connectivity index (χ1v) is 9.30. The fourth-order valence-electron chi connectivity index (χ4n) is 7.43. The van der Waals surface area contributed by atoms with E-state index in [0.29, 0.717) is 29.6 Å². The molecular formula is C19H28O3. The average molecular weight is 304 g/mol. The molecule has 1 heterocycles. The van der Waals surface area contributed by atoms with Crippen LogP contribution in [0.2, 0.25) is 0 Å². The Kier molecular flexibility index (Phi) is 2.52. The first-order valence-electron chi connectivity index (χ1n) is 9.30. The zero-order valence-electron chi connectivity index (χ0n) is 13.8. The Morgan fingerprint density at radius 2 is 1.95 bits per heavy atom. The van der Waals surface area contributed by atoms with Gasteiger partial charge in [0.1, 0.15) is 11.4 Å². The highest BCUT2D eigenvalue weighted by Crippen LogP contribution is 2.72. The predicted octanol–water partition coefficient (Wildman–Crippen LogP) is 3.09. The van der Waals surface area contributed by atoms with Crippen LogP contribution in [-0.2, 0) is 9.53 Å². The average Bonchev–Trinajstić information content (AvgIpc) is 3.08. The van der Waals surface area contributed by atoms with Crippen molar-refractivity contribution in [1.29, 1.82) is 0 Å². The number of hydrogen-bond acceptors (Lipinski definition) is 3. The van der Waals surface area contributed by atoms with E-state index in [2.05, 4.69) is 13.8 Å². The van der Waals surface area contributed by atoms with Crippen LogP contribution in [0.4, 0.5) is 0 Å². The van der Waals surface area contributed by atoms with Gasteiger partial charge in [-0.1, -0.05) is 13.8 Å². The van der Waals surface area contributed by atoms with Gasteiger partial charge in [-0.3, -0.25) is 4.79 Å². The molecule has 5 rings (SSSR count). The Balaban J connectivity index is 1.53. The molecule has 0 bridgehead atoms. The van der Waals surface area contributed by atoms with Gasteiger partial charge in [-0.25, -0.2) is 0 Å². The van der Waals surface area contributed by atoms with E-state index < -0.39 is 0 Å². The number of aliphatic hydroxyl groups excluding tert-OH is 1. The van der Waals surface area contributed by atoms with Crippen molar-refractivity contribution in [2.75, 3.05) is 0 Å². The van der Waals surface area contributed by atoms with E-state index in [4.69, 9.17) is 4.74 Å². The lowest BCUT2D eigenvalue weighted by atomic mass is 9.45. The number of ether oxygens (including phenoxy) is 1. The van der Waals surface area contributed by atoms with E-state index in [-0.39, 0.29) is 22.5 Å². The number of carbonyl (C=O) groups is 1. The Morgan fingerprint density at radius 1 is 1.14 bits per heavy atom. The maximum Gasteiger partial charge on any atom is 0.139 e. The van der Waals surface area contributed by atoms with E-state index in [9.17, 15) is 9.90 Å². The summed E-state index contributed by atoms with van der Waals surface area (Å²) in [5.41, 5.74) is 0.162. The van der Waals surface area contributed by atoms with Crippen molar-refractivity contribution >= 4 is 5.78 Å². The molecule has 4 aliphatic carbocycles. The monoisotopic (exact) mass is 304 g/mol. The Morgan fingerprint density at radius 3 is 2.77 bits per heavy atom. The quantitative estimate of drug-likeness (QED) is 0.700. The summed E-state index contributed by atoms with van der Waals surface area (Å²) in [7, 11) is 0. The molecule has 1 saturated heterocycles. The summed E-state index contributed by atoms with van der Waals surface area (Å²) in [6, 6.07) is 0. The Hall–Kier alpha value is -0.410. The third kappa shape index (κ3) is 1.40. The molecule has 0 aromatic heterocycles. The van der Waals surface area contributed by atoms with E-state index in [0.717, 1.165) is 44.9 Å². The second kappa shape index (κ2) is 3.97. The fraction of sp³-hybridized carbons (Fsp3) is 0.947. The molecule has 8 atom stereocenters. The smallest absolute Gasteiger partial charge is 0.139 e. The summed E-state index contributed by atoms with van der Waals surface area (Å²) >= 11 is 0. The molecule has 1 N–H and O–H groups in total. The second-order valence-electron chi connectivity index (χ2n) is 9.34. The molecule has 1 aliphatic heterocycles. The van der Waals surface area contributed by atoms with Gasteiger partial charge in [0.05, 0.1) is 12.2 Å². The minimum Gasteiger partial charge on any atom is -0.393 e. The highest BCUT2D eigenvalue weighted by Gasteiger charge is 2.76. The van der Waals surface area contributed by atoms with Crippen molar-refractivity contribution in [2.45, 2.75) is 83.0 Å². The highest BCUT2D eigenvalue weighted by molar-refractivity contribution is 5.87. The van der Waals surface area contributed by atoms with Gasteiger partial charge in [-0.05, 0) is 56.3 Å². The van der Waals surface area contributed by atoms with Crippen LogP contribution < -0.4 is 0 Å². The molecule has 22 heavy (non-hydrogen) atoms. The van der Waals surface area contributed by atoms with Crippen molar-refractivity contribution in [1.82, 2.24) is 0 Å². The van der Waals surface area contributed by atoms with Gasteiger partial charge < -0.3 is 9.84 Å². The summed E-state index contributed by atoms with van der Waals surface area (Å²) in [5.74, 6) is 2.48. The molecule has 5 fully saturated rings. The van der Waals surface area contributed by atoms with Gasteiger partial charge in [-0.15, -0.1) is 0 Å². The third-order valence-electron chi connectivity index (χ3n) is 8.77. The largest absolute Gasteiger partial charge is 0.393 e. The molecule has 0 unspecified atom stereocenters. The summed E-state index contributed by atoms with van der Waals surface area (Å²) in [4.78, 5) is 12.4. The summed E-state index contributed by atoms with van der Waals surface area (Å²) in [6.07, 6.45) is 8.37. The molecule has 0 amide bonds. The van der Waals surface area contributed by atoms with Crippen molar-refractivity contribution < 1.29 is 14.6 Å². The Bertz CT molecular complexity index is 545. The predicted molar refractivity (Wildman–Crippen MR) is 82.2 cm³/mol. The lowest BCUT2D eigenvalue weighted by molar-refractivity contribution is -0.138. The van der Waals surface area contributed by atoms with E-state index in [1.807, 2.05) is 0 Å². The first-order chi connectivity index (χ1) is 10.4. The van der Waals surface area contributed by atoms with Crippen molar-refractivity contribution in [3.8, 4) is 0 Å². The van der Waals surface area contributed by atoms with Gasteiger partial charge >= 0.3 is 0 Å². The number of fused-ring (bicyclic) bond motifs is 4. The molecule has 1 spiro atoms. The molecule has 3 heteroatoms. The van der Waals surface area contributed by atoms with Crippen LogP contribution in [0.1, 0.15) is 65.2 Å². The van der Waals surface area contributed by atoms with E-state index >= 15 is 0 Å². The number of aliphatic hydroxyl groups is 1. The van der Waals surface area contributed by atoms with Gasteiger partial charge in [0, 0.05) is 23.7 Å². The molecule has 4 saturated carbocycles. The van der Waals surface area contributed by atoms with Crippen LogP contribution in [-0.4, -0.2) is 28.7 Å². The molecular weight excluding hydrogens is 276 g/mol. The maximum absolute atomic E-state index is 12.4. The molecule has 0 radical (unpaired) electrons. The van der Waals surface area contributed by atoms with E-state index in [1.165, 1.54) is 6.42 Å². The number of epoxide rings is 1. The summed E-state index contributed by atoms with van der Waals surface area (Å²) < 4.78 is 6.30. The van der Waals surface area contributed by atoms with Gasteiger partial charge in [0.2, 0.25) is 0 Å². The maximum atomic E-state index is 12.4. The van der Waals surface area contributed by atoms with Crippen LogP contribution in [0.15, 0.2) is 0 Å². The normalized spacial score (nSPS) is 62.7. The number of ketones is 1. The van der Waals surface area contributed by atoms with Crippen LogP contribution in [0, 0.1) is 28.6 Å². The van der Waals surface area contributed by atoms with Gasteiger partial charge in [0.25, 0.3) is 0 Å². The van der Waals surface area contributed by atoms with Crippen molar-refractivity contribution in [2.24, 2.45) is 28.6 Å². The van der Waals surface area contributed by atoms with Crippen molar-refractivity contribution in [3.63, 3.8) is 0 Å².